The lowest BCUT2D eigenvalue weighted by Gasteiger charge is -2.18. The highest BCUT2D eigenvalue weighted by molar-refractivity contribution is 6.39. The normalized spacial score (nSPS) is 11.5. The van der Waals surface area contributed by atoms with Crippen LogP contribution >= 0.6 is 23.2 Å². The minimum Gasteiger partial charge on any atom is -0.493 e. The number of nitrogens with zero attached hydrogens (tertiary/aromatic N) is 1. The number of amides is 1. The van der Waals surface area contributed by atoms with Gasteiger partial charge in [0.25, 0.3) is 5.91 Å². The van der Waals surface area contributed by atoms with Gasteiger partial charge in [0.1, 0.15) is 17.6 Å². The SMILES string of the molecule is COCCNc1cccc(CCOc2ccc(C[C@H](NC(=O)c3c(Cl)cccc3Cl)C(=O)OC)cc2)n1. The molecule has 0 aliphatic heterocycles. The van der Waals surface area contributed by atoms with Crippen molar-refractivity contribution in [3.05, 3.63) is 87.5 Å². The number of benzene rings is 2. The average Bonchev–Trinajstić information content (AvgIpc) is 2.89. The number of ether oxygens (including phenoxy) is 3. The second-order valence-corrected chi connectivity index (χ2v) is 8.84. The van der Waals surface area contributed by atoms with Gasteiger partial charge in [0.05, 0.1) is 35.9 Å². The van der Waals surface area contributed by atoms with E-state index < -0.39 is 17.9 Å². The zero-order valence-corrected chi connectivity index (χ0v) is 22.1. The maximum Gasteiger partial charge on any atom is 0.328 e. The molecule has 0 saturated carbocycles. The van der Waals surface area contributed by atoms with Gasteiger partial charge in [-0.3, -0.25) is 4.79 Å². The summed E-state index contributed by atoms with van der Waals surface area (Å²) in [5, 5.41) is 6.26. The van der Waals surface area contributed by atoms with Crippen molar-refractivity contribution in [3.63, 3.8) is 0 Å². The van der Waals surface area contributed by atoms with E-state index in [0.717, 1.165) is 17.1 Å². The first-order chi connectivity index (χ1) is 17.9. The molecule has 0 unspecified atom stereocenters. The number of esters is 1. The fourth-order valence-corrected chi connectivity index (χ4v) is 4.08. The molecule has 0 aliphatic carbocycles. The molecule has 0 saturated heterocycles. The van der Waals surface area contributed by atoms with Gasteiger partial charge in [-0.2, -0.15) is 0 Å². The Morgan fingerprint density at radius 2 is 1.65 bits per heavy atom. The number of nitrogens with one attached hydrogen (secondary N) is 2. The number of rotatable bonds is 13. The van der Waals surface area contributed by atoms with E-state index in [1.54, 1.807) is 25.3 Å². The van der Waals surface area contributed by atoms with Crippen molar-refractivity contribution in [2.24, 2.45) is 0 Å². The number of anilines is 1. The van der Waals surface area contributed by atoms with Gasteiger partial charge in [-0.25, -0.2) is 9.78 Å². The zero-order valence-electron chi connectivity index (χ0n) is 20.6. The highest BCUT2D eigenvalue weighted by Gasteiger charge is 2.25. The zero-order chi connectivity index (χ0) is 26.6. The van der Waals surface area contributed by atoms with E-state index in [9.17, 15) is 9.59 Å². The summed E-state index contributed by atoms with van der Waals surface area (Å²) in [6, 6.07) is 16.9. The first-order valence-electron chi connectivity index (χ1n) is 11.6. The van der Waals surface area contributed by atoms with Gasteiger partial charge < -0.3 is 24.8 Å². The summed E-state index contributed by atoms with van der Waals surface area (Å²) in [5.74, 6) is 0.336. The number of hydrogen-bond donors (Lipinski definition) is 2. The van der Waals surface area contributed by atoms with Gasteiger partial charge in [-0.15, -0.1) is 0 Å². The van der Waals surface area contributed by atoms with Crippen LogP contribution < -0.4 is 15.4 Å². The fraction of sp³-hybridized carbons (Fsp3) is 0.296. The van der Waals surface area contributed by atoms with Crippen molar-refractivity contribution in [3.8, 4) is 5.75 Å². The van der Waals surface area contributed by atoms with Crippen LogP contribution in [0.5, 0.6) is 5.75 Å². The minimum atomic E-state index is -0.924. The quantitative estimate of drug-likeness (QED) is 0.239. The predicted molar refractivity (Wildman–Crippen MR) is 144 cm³/mol. The summed E-state index contributed by atoms with van der Waals surface area (Å²) in [6.07, 6.45) is 0.857. The molecule has 37 heavy (non-hydrogen) atoms. The van der Waals surface area contributed by atoms with Gasteiger partial charge in [0.15, 0.2) is 0 Å². The van der Waals surface area contributed by atoms with Gasteiger partial charge in [-0.05, 0) is 42.0 Å². The Kier molecular flexibility index (Phi) is 11.0. The summed E-state index contributed by atoms with van der Waals surface area (Å²) >= 11 is 12.3. The Morgan fingerprint density at radius 1 is 0.946 bits per heavy atom. The smallest absolute Gasteiger partial charge is 0.328 e. The molecule has 0 bridgehead atoms. The Morgan fingerprint density at radius 3 is 2.32 bits per heavy atom. The largest absolute Gasteiger partial charge is 0.493 e. The van der Waals surface area contributed by atoms with Crippen LogP contribution in [-0.2, 0) is 27.1 Å². The molecule has 0 radical (unpaired) electrons. The van der Waals surface area contributed by atoms with Crippen LogP contribution in [0, 0.1) is 0 Å². The molecule has 2 N–H and O–H groups in total. The van der Waals surface area contributed by atoms with Crippen molar-refractivity contribution in [1.82, 2.24) is 10.3 Å². The monoisotopic (exact) mass is 545 g/mol. The maximum atomic E-state index is 12.8. The molecule has 196 valence electrons. The topological polar surface area (TPSA) is 98.8 Å². The third kappa shape index (κ3) is 8.63. The summed E-state index contributed by atoms with van der Waals surface area (Å²) in [6.45, 7) is 1.74. The van der Waals surface area contributed by atoms with Crippen LogP contribution in [-0.4, -0.2) is 56.9 Å². The summed E-state index contributed by atoms with van der Waals surface area (Å²) < 4.78 is 15.8. The molecule has 8 nitrogen and oxygen atoms in total. The van der Waals surface area contributed by atoms with E-state index in [2.05, 4.69) is 15.6 Å². The first kappa shape index (κ1) is 28.2. The Bertz CT molecular complexity index is 1170. The maximum absolute atomic E-state index is 12.8. The molecule has 1 aromatic heterocycles. The van der Waals surface area contributed by atoms with Crippen molar-refractivity contribution in [2.75, 3.05) is 39.3 Å². The van der Waals surface area contributed by atoms with Crippen LogP contribution in [0.1, 0.15) is 21.6 Å². The molecular weight excluding hydrogens is 517 g/mol. The molecule has 0 spiro atoms. The van der Waals surface area contributed by atoms with Crippen LogP contribution in [0.25, 0.3) is 0 Å². The number of hydrogen-bond acceptors (Lipinski definition) is 7. The van der Waals surface area contributed by atoms with Crippen molar-refractivity contribution >= 4 is 40.9 Å². The predicted octanol–water partition coefficient (Wildman–Crippen LogP) is 4.58. The standard InChI is InChI=1S/C27H29Cl2N3O5/c1-35-16-14-30-24-8-3-5-19(31-24)13-15-37-20-11-9-18(10-12-20)17-23(27(34)36-2)32-26(33)25-21(28)6-4-7-22(25)29/h3-12,23H,13-17H2,1-2H3,(H,30,31)(H,32,33)/t23-/m0/s1. The second kappa shape index (κ2) is 14.4. The summed E-state index contributed by atoms with van der Waals surface area (Å²) in [7, 11) is 2.92. The Labute approximate surface area is 226 Å². The van der Waals surface area contributed by atoms with Crippen LogP contribution in [0.2, 0.25) is 10.0 Å². The third-order valence-electron chi connectivity index (χ3n) is 5.39. The number of aromatic nitrogens is 1. The molecule has 3 rings (SSSR count). The molecule has 10 heteroatoms. The molecule has 3 aromatic rings. The van der Waals surface area contributed by atoms with Crippen molar-refractivity contribution in [1.29, 1.82) is 0 Å². The van der Waals surface area contributed by atoms with E-state index >= 15 is 0 Å². The van der Waals surface area contributed by atoms with E-state index in [1.807, 2.05) is 42.5 Å². The number of carbonyl (C=O) groups excluding carboxylic acids is 2. The Hall–Kier alpha value is -3.33. The molecule has 0 aliphatic rings. The molecule has 1 atom stereocenters. The first-order valence-corrected chi connectivity index (χ1v) is 12.4. The molecular formula is C27H29Cl2N3O5. The van der Waals surface area contributed by atoms with E-state index in [0.29, 0.717) is 31.9 Å². The van der Waals surface area contributed by atoms with Crippen molar-refractivity contribution < 1.29 is 23.8 Å². The number of methoxy groups -OCH3 is 2. The third-order valence-corrected chi connectivity index (χ3v) is 6.02. The van der Waals surface area contributed by atoms with Crippen LogP contribution in [0.15, 0.2) is 60.7 Å². The van der Waals surface area contributed by atoms with E-state index in [-0.39, 0.29) is 22.0 Å². The minimum absolute atomic E-state index is 0.106. The van der Waals surface area contributed by atoms with Gasteiger partial charge >= 0.3 is 5.97 Å². The van der Waals surface area contributed by atoms with Gasteiger partial charge in [0, 0.05) is 32.2 Å². The van der Waals surface area contributed by atoms with E-state index in [1.165, 1.54) is 7.11 Å². The molecule has 1 amide bonds. The summed E-state index contributed by atoms with van der Waals surface area (Å²) in [5.41, 5.74) is 1.83. The van der Waals surface area contributed by atoms with Crippen LogP contribution in [0.3, 0.4) is 0 Å². The lowest BCUT2D eigenvalue weighted by atomic mass is 10.0. The molecule has 1 heterocycles. The van der Waals surface area contributed by atoms with E-state index in [4.69, 9.17) is 37.4 Å². The molecule has 2 aromatic carbocycles. The van der Waals surface area contributed by atoms with Crippen LogP contribution in [0.4, 0.5) is 5.82 Å². The molecule has 0 fully saturated rings. The van der Waals surface area contributed by atoms with Crippen molar-refractivity contribution in [2.45, 2.75) is 18.9 Å². The average molecular weight is 546 g/mol. The van der Waals surface area contributed by atoms with Gasteiger partial charge in [0.2, 0.25) is 0 Å². The number of carbonyl (C=O) groups is 2. The summed E-state index contributed by atoms with van der Waals surface area (Å²) in [4.78, 5) is 29.7. The lowest BCUT2D eigenvalue weighted by Crippen LogP contribution is -2.43. The second-order valence-electron chi connectivity index (χ2n) is 8.03. The van der Waals surface area contributed by atoms with Gasteiger partial charge in [-0.1, -0.05) is 47.5 Å². The number of pyridine rings is 1. The number of halogens is 2. The Balaban J connectivity index is 1.55. The highest BCUT2D eigenvalue weighted by Crippen LogP contribution is 2.24. The fourth-order valence-electron chi connectivity index (χ4n) is 3.51. The highest BCUT2D eigenvalue weighted by atomic mass is 35.5. The lowest BCUT2D eigenvalue weighted by molar-refractivity contribution is -0.142.